The van der Waals surface area contributed by atoms with Gasteiger partial charge in [0.15, 0.2) is 5.16 Å². The van der Waals surface area contributed by atoms with Crippen LogP contribution in [0.2, 0.25) is 0 Å². The van der Waals surface area contributed by atoms with Gasteiger partial charge in [0.2, 0.25) is 0 Å². The Hall–Kier alpha value is -1.01. The Bertz CT molecular complexity index is 326. The molecule has 0 aromatic carbocycles. The van der Waals surface area contributed by atoms with Crippen molar-refractivity contribution in [1.82, 2.24) is 9.97 Å². The molecule has 1 N–H and O–H groups in total. The van der Waals surface area contributed by atoms with E-state index in [0.717, 1.165) is 36.4 Å². The van der Waals surface area contributed by atoms with Crippen LogP contribution in [-0.4, -0.2) is 50.6 Å². The van der Waals surface area contributed by atoms with Crippen LogP contribution in [0.25, 0.3) is 0 Å². The number of nitrogens with one attached hydrogen (secondary N) is 1. The molecule has 0 bridgehead atoms. The number of anilines is 2. The first kappa shape index (κ1) is 14.1. The summed E-state index contributed by atoms with van der Waals surface area (Å²) in [5.74, 6) is 1.78. The number of nitrogens with zero attached hydrogens (tertiary/aromatic N) is 3. The number of ether oxygens (including phenoxy) is 1. The van der Waals surface area contributed by atoms with Crippen LogP contribution in [0, 0.1) is 0 Å². The van der Waals surface area contributed by atoms with Gasteiger partial charge in [-0.3, -0.25) is 0 Å². The molecule has 0 amide bonds. The van der Waals surface area contributed by atoms with Crippen molar-refractivity contribution in [2.45, 2.75) is 11.6 Å². The highest BCUT2D eigenvalue weighted by Crippen LogP contribution is 2.19. The van der Waals surface area contributed by atoms with Crippen molar-refractivity contribution in [2.24, 2.45) is 0 Å². The Kier molecular flexibility index (Phi) is 6.07. The molecule has 0 fully saturated rings. The summed E-state index contributed by atoms with van der Waals surface area (Å²) >= 11 is 1.54. The molecular weight excluding hydrogens is 236 g/mol. The van der Waals surface area contributed by atoms with Crippen LogP contribution in [0.3, 0.4) is 0 Å². The molecule has 1 aromatic heterocycles. The van der Waals surface area contributed by atoms with E-state index in [1.165, 1.54) is 0 Å². The summed E-state index contributed by atoms with van der Waals surface area (Å²) in [5, 5.41) is 3.83. The van der Waals surface area contributed by atoms with Gasteiger partial charge in [-0.1, -0.05) is 11.8 Å². The van der Waals surface area contributed by atoms with E-state index in [2.05, 4.69) is 20.2 Å². The largest absolute Gasteiger partial charge is 0.385 e. The summed E-state index contributed by atoms with van der Waals surface area (Å²) in [4.78, 5) is 10.9. The second kappa shape index (κ2) is 7.34. The van der Waals surface area contributed by atoms with Crippen molar-refractivity contribution in [2.75, 3.05) is 50.8 Å². The monoisotopic (exact) mass is 256 g/mol. The first-order chi connectivity index (χ1) is 8.21. The minimum atomic E-state index is 0.768. The fraction of sp³-hybridized carbons (Fsp3) is 0.636. The Morgan fingerprint density at radius 3 is 2.82 bits per heavy atom. The number of methoxy groups -OCH3 is 1. The summed E-state index contributed by atoms with van der Waals surface area (Å²) in [5.41, 5.74) is 0. The Labute approximate surface area is 107 Å². The maximum Gasteiger partial charge on any atom is 0.191 e. The predicted molar refractivity (Wildman–Crippen MR) is 73.1 cm³/mol. The molecule has 0 radical (unpaired) electrons. The summed E-state index contributed by atoms with van der Waals surface area (Å²) in [6.45, 7) is 1.69. The molecule has 0 aliphatic rings. The third-order valence-electron chi connectivity index (χ3n) is 2.36. The highest BCUT2D eigenvalue weighted by Gasteiger charge is 2.07. The van der Waals surface area contributed by atoms with Crippen molar-refractivity contribution >= 4 is 23.4 Å². The quantitative estimate of drug-likeness (QED) is 0.455. The predicted octanol–water partition coefficient (Wildman–Crippen LogP) is 1.71. The average molecular weight is 256 g/mol. The molecule has 0 unspecified atom stereocenters. The highest BCUT2D eigenvalue weighted by atomic mass is 32.2. The van der Waals surface area contributed by atoms with Gasteiger partial charge >= 0.3 is 0 Å². The topological polar surface area (TPSA) is 50.3 Å². The minimum absolute atomic E-state index is 0.768. The molecule has 5 nitrogen and oxygen atoms in total. The van der Waals surface area contributed by atoms with Gasteiger partial charge in [-0.2, -0.15) is 0 Å². The van der Waals surface area contributed by atoms with Crippen molar-refractivity contribution < 1.29 is 4.74 Å². The molecule has 17 heavy (non-hydrogen) atoms. The lowest BCUT2D eigenvalue weighted by Gasteiger charge is -2.19. The van der Waals surface area contributed by atoms with Crippen LogP contribution in [-0.2, 0) is 4.74 Å². The van der Waals surface area contributed by atoms with E-state index < -0.39 is 0 Å². The van der Waals surface area contributed by atoms with Crippen molar-refractivity contribution in [3.8, 4) is 0 Å². The zero-order valence-electron chi connectivity index (χ0n) is 10.9. The van der Waals surface area contributed by atoms with Gasteiger partial charge in [0.05, 0.1) is 0 Å². The lowest BCUT2D eigenvalue weighted by atomic mass is 10.4. The maximum absolute atomic E-state index is 5.04. The van der Waals surface area contributed by atoms with Crippen LogP contribution in [0.15, 0.2) is 11.2 Å². The Morgan fingerprint density at radius 2 is 2.24 bits per heavy atom. The normalized spacial score (nSPS) is 10.4. The standard InChI is InChI=1S/C11H20N4OS/c1-12-9-8-10(14-11(13-9)17-4)15(2)6-5-7-16-3/h8H,5-7H2,1-4H3,(H,12,13,14). The first-order valence-corrected chi connectivity index (χ1v) is 6.74. The lowest BCUT2D eigenvalue weighted by molar-refractivity contribution is 0.196. The number of hydrogen-bond donors (Lipinski definition) is 1. The number of thioether (sulfide) groups is 1. The van der Waals surface area contributed by atoms with Crippen LogP contribution in [0.4, 0.5) is 11.6 Å². The Morgan fingerprint density at radius 1 is 1.47 bits per heavy atom. The molecule has 6 heteroatoms. The fourth-order valence-corrected chi connectivity index (χ4v) is 1.76. The molecule has 0 saturated heterocycles. The Balaban J connectivity index is 2.73. The van der Waals surface area contributed by atoms with Crippen molar-refractivity contribution in [3.63, 3.8) is 0 Å². The van der Waals surface area contributed by atoms with Crippen LogP contribution in [0.1, 0.15) is 6.42 Å². The third-order valence-corrected chi connectivity index (χ3v) is 2.91. The van der Waals surface area contributed by atoms with E-state index in [4.69, 9.17) is 4.74 Å². The van der Waals surface area contributed by atoms with Crippen LogP contribution in [0.5, 0.6) is 0 Å². The molecule has 0 spiro atoms. The minimum Gasteiger partial charge on any atom is -0.385 e. The van der Waals surface area contributed by atoms with Crippen molar-refractivity contribution in [3.05, 3.63) is 6.07 Å². The molecule has 0 atom stereocenters. The fourth-order valence-electron chi connectivity index (χ4n) is 1.39. The zero-order valence-corrected chi connectivity index (χ0v) is 11.7. The van der Waals surface area contributed by atoms with E-state index in [1.807, 2.05) is 26.4 Å². The first-order valence-electron chi connectivity index (χ1n) is 5.52. The summed E-state index contributed by atoms with van der Waals surface area (Å²) in [7, 11) is 5.61. The van der Waals surface area contributed by atoms with Gasteiger partial charge in [-0.25, -0.2) is 9.97 Å². The summed E-state index contributed by atoms with van der Waals surface area (Å²) in [6, 6.07) is 1.95. The molecule has 1 heterocycles. The molecular formula is C11H20N4OS. The van der Waals surface area contributed by atoms with E-state index in [-0.39, 0.29) is 0 Å². The molecule has 0 aliphatic carbocycles. The van der Waals surface area contributed by atoms with E-state index >= 15 is 0 Å². The van der Waals surface area contributed by atoms with Crippen molar-refractivity contribution in [1.29, 1.82) is 0 Å². The van der Waals surface area contributed by atoms with Gasteiger partial charge in [-0.15, -0.1) is 0 Å². The number of aromatic nitrogens is 2. The highest BCUT2D eigenvalue weighted by molar-refractivity contribution is 7.98. The SMILES string of the molecule is CNc1cc(N(C)CCCOC)nc(SC)n1. The molecule has 96 valence electrons. The molecule has 0 aliphatic heterocycles. The van der Waals surface area contributed by atoms with Crippen LogP contribution < -0.4 is 10.2 Å². The maximum atomic E-state index is 5.04. The van der Waals surface area contributed by atoms with E-state index in [1.54, 1.807) is 18.9 Å². The molecule has 1 rings (SSSR count). The van der Waals surface area contributed by atoms with Gasteiger partial charge in [0, 0.05) is 40.4 Å². The van der Waals surface area contributed by atoms with Gasteiger partial charge in [0.25, 0.3) is 0 Å². The van der Waals surface area contributed by atoms with Gasteiger partial charge < -0.3 is 15.0 Å². The number of rotatable bonds is 7. The van der Waals surface area contributed by atoms with Gasteiger partial charge in [0.1, 0.15) is 11.6 Å². The summed E-state index contributed by atoms with van der Waals surface area (Å²) < 4.78 is 5.04. The van der Waals surface area contributed by atoms with E-state index in [0.29, 0.717) is 0 Å². The smallest absolute Gasteiger partial charge is 0.191 e. The number of hydrogen-bond acceptors (Lipinski definition) is 6. The van der Waals surface area contributed by atoms with Gasteiger partial charge in [-0.05, 0) is 12.7 Å². The average Bonchev–Trinajstić information content (AvgIpc) is 2.38. The van der Waals surface area contributed by atoms with E-state index in [9.17, 15) is 0 Å². The second-order valence-corrected chi connectivity index (χ2v) is 4.39. The zero-order chi connectivity index (χ0) is 12.7. The van der Waals surface area contributed by atoms with Crippen LogP contribution >= 0.6 is 11.8 Å². The molecule has 0 saturated carbocycles. The molecule has 1 aromatic rings. The lowest BCUT2D eigenvalue weighted by Crippen LogP contribution is -2.21. The third kappa shape index (κ3) is 4.40. The summed E-state index contributed by atoms with van der Waals surface area (Å²) in [6.07, 6.45) is 2.96. The second-order valence-electron chi connectivity index (χ2n) is 3.62.